The van der Waals surface area contributed by atoms with Crippen molar-refractivity contribution in [1.82, 2.24) is 20.6 Å². The van der Waals surface area contributed by atoms with Crippen LogP contribution in [0.1, 0.15) is 18.2 Å². The number of methoxy groups -OCH3 is 1. The number of carbonyl (C=O) groups is 2. The van der Waals surface area contributed by atoms with Crippen LogP contribution in [0.25, 0.3) is 21.9 Å². The monoisotopic (exact) mass is 447 g/mol. The second-order valence-corrected chi connectivity index (χ2v) is 6.52. The van der Waals surface area contributed by atoms with Gasteiger partial charge in [0.2, 0.25) is 0 Å². The second-order valence-electron chi connectivity index (χ2n) is 6.52. The molecule has 10 heteroatoms. The van der Waals surface area contributed by atoms with Crippen LogP contribution >= 0.6 is 12.4 Å². The molecule has 164 valence electrons. The number of nitrogens with one attached hydrogen (secondary N) is 3. The van der Waals surface area contributed by atoms with E-state index in [9.17, 15) is 14.0 Å². The van der Waals surface area contributed by atoms with Crippen LogP contribution < -0.4 is 16.0 Å². The summed E-state index contributed by atoms with van der Waals surface area (Å²) in [5.41, 5.74) is 2.44. The van der Waals surface area contributed by atoms with Gasteiger partial charge in [-0.15, -0.1) is 12.4 Å². The van der Waals surface area contributed by atoms with Gasteiger partial charge in [-0.05, 0) is 42.5 Å². The van der Waals surface area contributed by atoms with E-state index in [2.05, 4.69) is 30.7 Å². The molecule has 0 saturated carbocycles. The number of rotatable bonds is 5. The Balaban J connectivity index is 0.00000341. The van der Waals surface area contributed by atoms with Crippen molar-refractivity contribution in [2.45, 2.75) is 20.4 Å². The van der Waals surface area contributed by atoms with Gasteiger partial charge in [-0.2, -0.15) is 0 Å². The lowest BCUT2D eigenvalue weighted by Crippen LogP contribution is -2.28. The molecular weight excluding hydrogens is 425 g/mol. The number of aromatic nitrogens is 2. The average molecular weight is 448 g/mol. The van der Waals surface area contributed by atoms with Crippen LogP contribution in [0, 0.1) is 12.7 Å². The fourth-order valence-electron chi connectivity index (χ4n) is 3.07. The smallest absolute Gasteiger partial charge is 0.407 e. The third-order valence-corrected chi connectivity index (χ3v) is 4.46. The number of halogens is 2. The molecule has 3 amide bonds. The lowest BCUT2D eigenvalue weighted by molar-refractivity contribution is 0.170. The van der Waals surface area contributed by atoms with Gasteiger partial charge >= 0.3 is 12.1 Å². The molecule has 0 aliphatic carbocycles. The summed E-state index contributed by atoms with van der Waals surface area (Å²) in [5.74, 6) is -0.142. The van der Waals surface area contributed by atoms with Gasteiger partial charge in [0.25, 0.3) is 0 Å². The second kappa shape index (κ2) is 10.5. The topological polar surface area (TPSA) is 105 Å². The molecule has 0 saturated heterocycles. The van der Waals surface area contributed by atoms with Crippen molar-refractivity contribution in [3.05, 3.63) is 53.7 Å². The lowest BCUT2D eigenvalue weighted by Gasteiger charge is -2.14. The van der Waals surface area contributed by atoms with Crippen LogP contribution in [0.15, 0.2) is 36.7 Å². The zero-order valence-corrected chi connectivity index (χ0v) is 18.1. The molecule has 31 heavy (non-hydrogen) atoms. The Labute approximate surface area is 185 Å². The predicted molar refractivity (Wildman–Crippen MR) is 119 cm³/mol. The molecular formula is C21H23ClFN5O3. The van der Waals surface area contributed by atoms with Crippen molar-refractivity contribution in [2.75, 3.05) is 19.0 Å². The summed E-state index contributed by atoms with van der Waals surface area (Å²) in [7, 11) is 1.28. The van der Waals surface area contributed by atoms with Crippen molar-refractivity contribution in [3.63, 3.8) is 0 Å². The van der Waals surface area contributed by atoms with Crippen molar-refractivity contribution in [2.24, 2.45) is 0 Å². The summed E-state index contributed by atoms with van der Waals surface area (Å²) in [5, 5.41) is 9.31. The Hall–Kier alpha value is -3.46. The first kappa shape index (κ1) is 23.8. The fraction of sp³-hybridized carbons (Fsp3) is 0.238. The number of carbonyl (C=O) groups excluding carboxylic acids is 2. The van der Waals surface area contributed by atoms with E-state index in [1.54, 1.807) is 44.3 Å². The Kier molecular flexibility index (Phi) is 8.09. The molecule has 0 spiro atoms. The molecule has 0 aliphatic rings. The van der Waals surface area contributed by atoms with Crippen LogP contribution in [0.4, 0.5) is 19.8 Å². The van der Waals surface area contributed by atoms with E-state index < -0.39 is 11.9 Å². The van der Waals surface area contributed by atoms with Crippen LogP contribution in [-0.4, -0.2) is 35.7 Å². The highest BCUT2D eigenvalue weighted by Gasteiger charge is 2.15. The number of amides is 3. The Morgan fingerprint density at radius 3 is 2.55 bits per heavy atom. The molecule has 3 aromatic rings. The third kappa shape index (κ3) is 5.58. The van der Waals surface area contributed by atoms with Gasteiger partial charge in [0.15, 0.2) is 0 Å². The van der Waals surface area contributed by atoms with Gasteiger partial charge in [0.1, 0.15) is 11.6 Å². The van der Waals surface area contributed by atoms with Crippen LogP contribution in [0.2, 0.25) is 0 Å². The minimum Gasteiger partial charge on any atom is -0.453 e. The maximum atomic E-state index is 14.6. The van der Waals surface area contributed by atoms with E-state index in [1.165, 1.54) is 13.3 Å². The Morgan fingerprint density at radius 1 is 1.06 bits per heavy atom. The van der Waals surface area contributed by atoms with Crippen molar-refractivity contribution in [3.8, 4) is 11.1 Å². The lowest BCUT2D eigenvalue weighted by atomic mass is 9.96. The minimum atomic E-state index is -0.564. The average Bonchev–Trinajstić information content (AvgIpc) is 2.73. The zero-order chi connectivity index (χ0) is 21.7. The minimum absolute atomic E-state index is 0. The molecule has 0 aliphatic heterocycles. The molecule has 0 atom stereocenters. The summed E-state index contributed by atoms with van der Waals surface area (Å²) < 4.78 is 19.2. The number of benzene rings is 1. The van der Waals surface area contributed by atoms with E-state index >= 15 is 0 Å². The number of pyridine rings is 2. The first-order valence-corrected chi connectivity index (χ1v) is 9.33. The predicted octanol–water partition coefficient (Wildman–Crippen LogP) is 4.16. The summed E-state index contributed by atoms with van der Waals surface area (Å²) in [6.07, 6.45) is 2.20. The molecule has 2 aromatic heterocycles. The molecule has 2 heterocycles. The number of anilines is 1. The molecule has 0 fully saturated rings. The van der Waals surface area contributed by atoms with E-state index in [1.807, 2.05) is 0 Å². The largest absolute Gasteiger partial charge is 0.453 e. The van der Waals surface area contributed by atoms with Crippen LogP contribution in [-0.2, 0) is 11.3 Å². The summed E-state index contributed by atoms with van der Waals surface area (Å²) in [6, 6.07) is 6.51. The highest BCUT2D eigenvalue weighted by molar-refractivity contribution is 6.01. The van der Waals surface area contributed by atoms with Gasteiger partial charge < -0.3 is 15.4 Å². The number of urea groups is 1. The first-order chi connectivity index (χ1) is 14.4. The molecule has 0 radical (unpaired) electrons. The van der Waals surface area contributed by atoms with Crippen molar-refractivity contribution < 1.29 is 18.7 Å². The Bertz CT molecular complexity index is 1110. The molecule has 0 bridgehead atoms. The highest BCUT2D eigenvalue weighted by atomic mass is 35.5. The number of hydrogen-bond acceptors (Lipinski definition) is 5. The third-order valence-electron chi connectivity index (χ3n) is 4.46. The molecule has 0 unspecified atom stereocenters. The van der Waals surface area contributed by atoms with Gasteiger partial charge in [-0.1, -0.05) is 12.1 Å². The van der Waals surface area contributed by atoms with E-state index in [0.717, 1.165) is 5.56 Å². The number of ether oxygens (including phenoxy) is 1. The number of alkyl carbamates (subject to hydrolysis) is 1. The van der Waals surface area contributed by atoms with Gasteiger partial charge in [-0.25, -0.2) is 19.0 Å². The van der Waals surface area contributed by atoms with Gasteiger partial charge in [0, 0.05) is 35.9 Å². The number of fused-ring (bicyclic) bond motifs is 1. The maximum absolute atomic E-state index is 14.6. The van der Waals surface area contributed by atoms with Gasteiger partial charge in [0.05, 0.1) is 13.3 Å². The van der Waals surface area contributed by atoms with Crippen molar-refractivity contribution in [1.29, 1.82) is 0 Å². The van der Waals surface area contributed by atoms with Crippen LogP contribution in [0.5, 0.6) is 0 Å². The molecule has 8 nitrogen and oxygen atoms in total. The Morgan fingerprint density at radius 2 is 1.84 bits per heavy atom. The quantitative estimate of drug-likeness (QED) is 0.544. The molecule has 1 aromatic carbocycles. The van der Waals surface area contributed by atoms with Gasteiger partial charge in [-0.3, -0.25) is 10.3 Å². The number of aryl methyl sites for hydroxylation is 1. The molecule has 3 N–H and O–H groups in total. The normalized spacial score (nSPS) is 10.2. The van der Waals surface area contributed by atoms with Crippen LogP contribution in [0.3, 0.4) is 0 Å². The summed E-state index contributed by atoms with van der Waals surface area (Å²) in [6.45, 7) is 4.26. The standard InChI is InChI=1S/C21H22FN5O3.ClH/c1-4-23-20(28)27-19-8-15-14(16-7-12(2)24-11-18(16)22)6-5-13(17(15)10-25-19)9-26-21(29)30-3;/h5-8,10-11H,4,9H2,1-3H3,(H,26,29)(H2,23,25,27,28);1H. The molecule has 3 rings (SSSR count). The fourth-order valence-corrected chi connectivity index (χ4v) is 3.07. The summed E-state index contributed by atoms with van der Waals surface area (Å²) >= 11 is 0. The van der Waals surface area contributed by atoms with Crippen molar-refractivity contribution >= 4 is 41.1 Å². The number of hydrogen-bond donors (Lipinski definition) is 3. The SMILES string of the molecule is CCNC(=O)Nc1cc2c(-c3cc(C)ncc3F)ccc(CNC(=O)OC)c2cn1.Cl. The first-order valence-electron chi connectivity index (χ1n) is 9.33. The number of nitrogens with zero attached hydrogens (tertiary/aromatic N) is 2. The zero-order valence-electron chi connectivity index (χ0n) is 17.3. The highest BCUT2D eigenvalue weighted by Crippen LogP contribution is 2.33. The van der Waals surface area contributed by atoms with E-state index in [4.69, 9.17) is 0 Å². The van der Waals surface area contributed by atoms with E-state index in [-0.39, 0.29) is 25.0 Å². The maximum Gasteiger partial charge on any atom is 0.407 e. The summed E-state index contributed by atoms with van der Waals surface area (Å²) in [4.78, 5) is 31.6. The van der Waals surface area contributed by atoms with E-state index in [0.29, 0.717) is 40.0 Å².